The van der Waals surface area contributed by atoms with Crippen molar-refractivity contribution in [2.24, 2.45) is 5.41 Å². The first kappa shape index (κ1) is 23.1. The number of carbonyl (C=O) groups is 1. The second-order valence-corrected chi connectivity index (χ2v) is 9.64. The second kappa shape index (κ2) is 8.06. The molecule has 0 aromatic heterocycles. The lowest BCUT2D eigenvalue weighted by Crippen LogP contribution is -2.56. The zero-order chi connectivity index (χ0) is 24.1. The number of ketones is 1. The number of anilines is 2. The molecule has 2 aliphatic heterocycles. The van der Waals surface area contributed by atoms with Crippen molar-refractivity contribution in [2.75, 3.05) is 25.1 Å². The van der Waals surface area contributed by atoms with Crippen LogP contribution < -0.4 is 15.0 Å². The number of nitro groups is 1. The van der Waals surface area contributed by atoms with Gasteiger partial charge in [-0.3, -0.25) is 14.9 Å². The number of Topliss-reactive ketones (excluding diaryl/α,β-unsaturated/α-hetero) is 1. The van der Waals surface area contributed by atoms with E-state index >= 15 is 4.39 Å². The molecule has 0 aliphatic carbocycles. The van der Waals surface area contributed by atoms with Crippen LogP contribution in [-0.2, 0) is 10.2 Å². The quantitative estimate of drug-likeness (QED) is 0.530. The molecule has 1 fully saturated rings. The minimum atomic E-state index is -1.00. The van der Waals surface area contributed by atoms with Gasteiger partial charge in [0.1, 0.15) is 17.5 Å². The van der Waals surface area contributed by atoms with Gasteiger partial charge in [0, 0.05) is 28.5 Å². The summed E-state index contributed by atoms with van der Waals surface area (Å²) in [7, 11) is 1.27. The lowest BCUT2D eigenvalue weighted by Gasteiger charge is -2.43. The number of nitrogens with one attached hydrogen (secondary N) is 1. The van der Waals surface area contributed by atoms with Gasteiger partial charge in [0.05, 0.1) is 17.7 Å². The number of hydrogen-bond donors (Lipinski definition) is 1. The van der Waals surface area contributed by atoms with Crippen LogP contribution in [0.2, 0.25) is 0 Å². The van der Waals surface area contributed by atoms with Gasteiger partial charge in [-0.05, 0) is 32.0 Å². The van der Waals surface area contributed by atoms with Gasteiger partial charge < -0.3 is 15.0 Å². The number of nitrogens with zero attached hydrogens (tertiary/aromatic N) is 2. The molecule has 1 N–H and O–H groups in total. The summed E-state index contributed by atoms with van der Waals surface area (Å²) in [6.45, 7) is 6.34. The fourth-order valence-corrected chi connectivity index (χ4v) is 5.26. The first-order chi connectivity index (χ1) is 15.5. The highest BCUT2D eigenvalue weighted by Crippen LogP contribution is 2.59. The highest BCUT2D eigenvalue weighted by Gasteiger charge is 2.59. The van der Waals surface area contributed by atoms with Crippen LogP contribution >= 0.6 is 0 Å². The third-order valence-corrected chi connectivity index (χ3v) is 6.71. The van der Waals surface area contributed by atoms with Crippen LogP contribution in [0.3, 0.4) is 0 Å². The number of nitro benzene ring substituents is 1. The number of benzene rings is 2. The van der Waals surface area contributed by atoms with Crippen molar-refractivity contribution in [3.63, 3.8) is 0 Å². The van der Waals surface area contributed by atoms with Crippen LogP contribution in [0.5, 0.6) is 5.75 Å². The summed E-state index contributed by atoms with van der Waals surface area (Å²) in [6, 6.07) is 5.76. The Morgan fingerprint density at radius 3 is 2.42 bits per heavy atom. The Morgan fingerprint density at radius 2 is 1.85 bits per heavy atom. The van der Waals surface area contributed by atoms with Crippen LogP contribution in [0.15, 0.2) is 30.3 Å². The molecule has 1 unspecified atom stereocenters. The molecule has 33 heavy (non-hydrogen) atoms. The summed E-state index contributed by atoms with van der Waals surface area (Å²) in [5, 5.41) is 15.2. The van der Waals surface area contributed by atoms with Crippen molar-refractivity contribution in [1.29, 1.82) is 0 Å². The molecular formula is C24H27F2N3O4. The predicted molar refractivity (Wildman–Crippen MR) is 120 cm³/mol. The van der Waals surface area contributed by atoms with Crippen LogP contribution in [0.25, 0.3) is 0 Å². The van der Waals surface area contributed by atoms with Gasteiger partial charge in [-0.25, -0.2) is 8.78 Å². The van der Waals surface area contributed by atoms with Gasteiger partial charge >= 0.3 is 0 Å². The molecule has 0 bridgehead atoms. The lowest BCUT2D eigenvalue weighted by molar-refractivity contribution is -0.384. The van der Waals surface area contributed by atoms with Crippen molar-refractivity contribution in [2.45, 2.75) is 45.1 Å². The van der Waals surface area contributed by atoms with E-state index in [4.69, 9.17) is 4.74 Å². The van der Waals surface area contributed by atoms with E-state index in [0.717, 1.165) is 6.07 Å². The minimum absolute atomic E-state index is 0.0498. The molecule has 2 aliphatic rings. The second-order valence-electron chi connectivity index (χ2n) is 9.64. The summed E-state index contributed by atoms with van der Waals surface area (Å²) < 4.78 is 35.9. The van der Waals surface area contributed by atoms with Gasteiger partial charge in [0.25, 0.3) is 5.69 Å². The van der Waals surface area contributed by atoms with Gasteiger partial charge in [0.15, 0.2) is 17.3 Å². The van der Waals surface area contributed by atoms with E-state index in [1.54, 1.807) is 26.8 Å². The summed E-state index contributed by atoms with van der Waals surface area (Å²) >= 11 is 0. The smallest absolute Gasteiger partial charge is 0.292 e. The van der Waals surface area contributed by atoms with E-state index in [1.165, 1.54) is 30.2 Å². The molecule has 1 saturated heterocycles. The van der Waals surface area contributed by atoms with E-state index in [-0.39, 0.29) is 34.2 Å². The monoisotopic (exact) mass is 459 g/mol. The van der Waals surface area contributed by atoms with E-state index in [1.807, 2.05) is 0 Å². The topological polar surface area (TPSA) is 84.7 Å². The van der Waals surface area contributed by atoms with Crippen LogP contribution in [0.1, 0.15) is 39.2 Å². The Labute approximate surface area is 190 Å². The molecule has 2 heterocycles. The number of methoxy groups -OCH3 is 1. The molecule has 2 aromatic carbocycles. The van der Waals surface area contributed by atoms with E-state index in [9.17, 15) is 19.3 Å². The Morgan fingerprint density at radius 1 is 1.21 bits per heavy atom. The zero-order valence-corrected chi connectivity index (χ0v) is 19.1. The summed E-state index contributed by atoms with van der Waals surface area (Å²) in [6.07, 6.45) is 0.824. The van der Waals surface area contributed by atoms with Crippen molar-refractivity contribution in [3.05, 3.63) is 57.6 Å². The molecule has 9 heteroatoms. The molecule has 7 nitrogen and oxygen atoms in total. The number of ether oxygens (including phenoxy) is 1. The summed E-state index contributed by atoms with van der Waals surface area (Å²) in [5.74, 6) is -2.14. The maximum atomic E-state index is 15.6. The van der Waals surface area contributed by atoms with Crippen molar-refractivity contribution >= 4 is 22.8 Å². The average molecular weight is 459 g/mol. The highest BCUT2D eigenvalue weighted by atomic mass is 19.1. The first-order valence-electron chi connectivity index (χ1n) is 10.9. The van der Waals surface area contributed by atoms with Crippen LogP contribution in [0.4, 0.5) is 25.8 Å². The number of fused-ring (bicyclic) bond motifs is 2. The molecular weight excluding hydrogens is 432 g/mol. The average Bonchev–Trinajstić information content (AvgIpc) is 3.03. The fourth-order valence-electron chi connectivity index (χ4n) is 5.26. The summed E-state index contributed by atoms with van der Waals surface area (Å²) in [4.78, 5) is 26.8. The zero-order valence-electron chi connectivity index (χ0n) is 19.1. The van der Waals surface area contributed by atoms with Crippen molar-refractivity contribution in [1.82, 2.24) is 5.32 Å². The SMILES string of the molecule is COc1c(F)cc(F)c2c1N(c1ccccc1[N+](=O)[O-])C(C(=O)C(C)(C)C)C21CCNCC1. The van der Waals surface area contributed by atoms with Crippen LogP contribution in [-0.4, -0.2) is 36.9 Å². The summed E-state index contributed by atoms with van der Waals surface area (Å²) in [5.41, 5.74) is -1.76. The number of carbonyl (C=O) groups excluding carboxylic acids is 1. The molecule has 4 rings (SSSR count). The third-order valence-electron chi connectivity index (χ3n) is 6.71. The van der Waals surface area contributed by atoms with E-state index in [2.05, 4.69) is 5.32 Å². The first-order valence-corrected chi connectivity index (χ1v) is 10.9. The van der Waals surface area contributed by atoms with Crippen molar-refractivity contribution < 1.29 is 23.2 Å². The maximum Gasteiger partial charge on any atom is 0.292 e. The fraction of sp³-hybridized carbons (Fsp3) is 0.458. The Kier molecular flexibility index (Phi) is 5.64. The predicted octanol–water partition coefficient (Wildman–Crippen LogP) is 4.64. The Bertz CT molecular complexity index is 1120. The molecule has 0 radical (unpaired) electrons. The van der Waals surface area contributed by atoms with Gasteiger partial charge in [-0.15, -0.1) is 0 Å². The third kappa shape index (κ3) is 3.45. The van der Waals surface area contributed by atoms with Gasteiger partial charge in [-0.1, -0.05) is 32.9 Å². The number of hydrogen-bond acceptors (Lipinski definition) is 6. The van der Waals surface area contributed by atoms with Gasteiger partial charge in [0.2, 0.25) is 0 Å². The molecule has 0 saturated carbocycles. The van der Waals surface area contributed by atoms with E-state index in [0.29, 0.717) is 25.9 Å². The maximum absolute atomic E-state index is 15.6. The minimum Gasteiger partial charge on any atom is -0.492 e. The van der Waals surface area contributed by atoms with Crippen molar-refractivity contribution in [3.8, 4) is 5.75 Å². The number of rotatable bonds is 4. The molecule has 176 valence electrons. The Hall–Kier alpha value is -3.07. The highest BCUT2D eigenvalue weighted by molar-refractivity contribution is 6.00. The standard InChI is InChI=1S/C24H27F2N3O4/c1-23(2,3)22(30)21-24(9-11-27-12-10-24)18-14(25)13-15(26)20(33-4)19(18)28(21)16-7-5-6-8-17(16)29(31)32/h5-8,13,21,27H,9-12H2,1-4H3. The molecule has 1 atom stereocenters. The number of piperidine rings is 1. The number of halogens is 2. The van der Waals surface area contributed by atoms with Crippen LogP contribution in [0, 0.1) is 27.2 Å². The molecule has 0 amide bonds. The lowest BCUT2D eigenvalue weighted by atomic mass is 9.65. The Balaban J connectivity index is 2.14. The molecule has 1 spiro atoms. The largest absolute Gasteiger partial charge is 0.492 e. The van der Waals surface area contributed by atoms with Gasteiger partial charge in [-0.2, -0.15) is 0 Å². The molecule has 2 aromatic rings. The number of para-hydroxylation sites is 2. The van der Waals surface area contributed by atoms with E-state index < -0.39 is 33.4 Å². The normalized spacial score (nSPS) is 19.5.